The topological polar surface area (TPSA) is 98.3 Å². The molecule has 82 valence electrons. The van der Waals surface area contributed by atoms with E-state index in [9.17, 15) is 14.9 Å². The van der Waals surface area contributed by atoms with Gasteiger partial charge >= 0.3 is 11.8 Å². The Morgan fingerprint density at radius 1 is 1.67 bits per heavy atom. The maximum Gasteiger partial charge on any atom is 0.405 e. The van der Waals surface area contributed by atoms with Crippen molar-refractivity contribution in [3.05, 3.63) is 20.3 Å². The molecule has 0 aromatic carbocycles. The fourth-order valence-corrected chi connectivity index (χ4v) is 1.66. The van der Waals surface area contributed by atoms with Crippen LogP contribution >= 0.6 is 15.9 Å². The first-order valence-corrected chi connectivity index (χ1v) is 4.81. The van der Waals surface area contributed by atoms with Gasteiger partial charge in [0.1, 0.15) is 0 Å². The highest BCUT2D eigenvalue weighted by Crippen LogP contribution is 2.29. The summed E-state index contributed by atoms with van der Waals surface area (Å²) in [6, 6.07) is -0.263. The van der Waals surface area contributed by atoms with Crippen molar-refractivity contribution < 1.29 is 14.8 Å². The average molecular weight is 278 g/mol. The summed E-state index contributed by atoms with van der Waals surface area (Å²) in [7, 11) is 0. The molecule has 0 aliphatic rings. The second kappa shape index (κ2) is 3.97. The maximum absolute atomic E-state index is 10.9. The first-order valence-electron chi connectivity index (χ1n) is 4.02. The van der Waals surface area contributed by atoms with E-state index in [0.29, 0.717) is 0 Å². The molecule has 0 atom stereocenters. The number of nitrogens with zero attached hydrogens (tertiary/aromatic N) is 3. The molecule has 1 N–H and O–H groups in total. The van der Waals surface area contributed by atoms with E-state index >= 15 is 0 Å². The number of aromatic carboxylic acids is 1. The molecule has 1 aromatic heterocycles. The van der Waals surface area contributed by atoms with Crippen molar-refractivity contribution in [2.24, 2.45) is 0 Å². The molecule has 0 fully saturated rings. The number of rotatable bonds is 3. The van der Waals surface area contributed by atoms with Crippen molar-refractivity contribution in [2.75, 3.05) is 0 Å². The van der Waals surface area contributed by atoms with Crippen molar-refractivity contribution in [3.8, 4) is 0 Å². The molecule has 0 aliphatic heterocycles. The molecule has 1 rings (SSSR count). The Kier molecular flexibility index (Phi) is 3.08. The molecular weight excluding hydrogens is 270 g/mol. The number of aromatic nitrogens is 2. The summed E-state index contributed by atoms with van der Waals surface area (Å²) in [5.41, 5.74) is -0.211. The van der Waals surface area contributed by atoms with Crippen molar-refractivity contribution in [2.45, 2.75) is 19.9 Å². The quantitative estimate of drug-likeness (QED) is 0.671. The van der Waals surface area contributed by atoms with Crippen molar-refractivity contribution in [1.29, 1.82) is 0 Å². The van der Waals surface area contributed by atoms with Crippen molar-refractivity contribution in [3.63, 3.8) is 0 Å². The molecule has 0 saturated carbocycles. The van der Waals surface area contributed by atoms with E-state index in [4.69, 9.17) is 5.11 Å². The van der Waals surface area contributed by atoms with E-state index in [0.717, 1.165) is 4.68 Å². The van der Waals surface area contributed by atoms with Gasteiger partial charge in [0, 0.05) is 0 Å². The van der Waals surface area contributed by atoms with Crippen LogP contribution in [0.3, 0.4) is 0 Å². The Hall–Kier alpha value is -1.44. The van der Waals surface area contributed by atoms with Gasteiger partial charge in [0.05, 0.1) is 11.1 Å². The van der Waals surface area contributed by atoms with Gasteiger partial charge in [0.15, 0.2) is 10.2 Å². The van der Waals surface area contributed by atoms with Gasteiger partial charge in [-0.2, -0.15) is 4.68 Å². The lowest BCUT2D eigenvalue weighted by Crippen LogP contribution is -2.12. The third-order valence-electron chi connectivity index (χ3n) is 1.70. The van der Waals surface area contributed by atoms with Crippen LogP contribution in [0, 0.1) is 10.1 Å². The van der Waals surface area contributed by atoms with E-state index < -0.39 is 16.7 Å². The maximum atomic E-state index is 10.9. The molecule has 0 radical (unpaired) electrons. The van der Waals surface area contributed by atoms with Gasteiger partial charge in [-0.25, -0.2) is 4.79 Å². The Morgan fingerprint density at radius 2 is 2.20 bits per heavy atom. The van der Waals surface area contributed by atoms with Crippen LogP contribution in [-0.4, -0.2) is 25.8 Å². The summed E-state index contributed by atoms with van der Waals surface area (Å²) in [4.78, 5) is 20.7. The molecular formula is C7H8BrN3O4. The average Bonchev–Trinajstić information content (AvgIpc) is 2.42. The zero-order valence-corrected chi connectivity index (χ0v) is 9.55. The minimum absolute atomic E-state index is 0.103. The summed E-state index contributed by atoms with van der Waals surface area (Å²) in [6.45, 7) is 3.38. The highest BCUT2D eigenvalue weighted by molar-refractivity contribution is 9.10. The highest BCUT2D eigenvalue weighted by atomic mass is 79.9. The number of carboxylic acid groups (broad SMARTS) is 1. The molecule has 15 heavy (non-hydrogen) atoms. The summed E-state index contributed by atoms with van der Waals surface area (Å²) in [5, 5.41) is 23.0. The largest absolute Gasteiger partial charge is 0.476 e. The fraction of sp³-hybridized carbons (Fsp3) is 0.429. The van der Waals surface area contributed by atoms with E-state index in [1.807, 2.05) is 0 Å². The number of carbonyl (C=O) groups is 1. The number of nitro groups is 1. The normalized spacial score (nSPS) is 10.7. The zero-order chi connectivity index (χ0) is 11.7. The molecule has 0 spiro atoms. The molecule has 0 aliphatic carbocycles. The van der Waals surface area contributed by atoms with Crippen LogP contribution in [0.1, 0.15) is 30.4 Å². The molecule has 1 heterocycles. The Morgan fingerprint density at radius 3 is 2.47 bits per heavy atom. The van der Waals surface area contributed by atoms with Gasteiger partial charge in [-0.3, -0.25) is 0 Å². The number of hydrogen-bond acceptors (Lipinski definition) is 4. The summed E-state index contributed by atoms with van der Waals surface area (Å²) in [6.07, 6.45) is 0. The van der Waals surface area contributed by atoms with Gasteiger partial charge < -0.3 is 15.2 Å². The number of halogens is 1. The molecule has 0 unspecified atom stereocenters. The van der Waals surface area contributed by atoms with Gasteiger partial charge in [0.2, 0.25) is 0 Å². The van der Waals surface area contributed by atoms with E-state index in [-0.39, 0.29) is 16.2 Å². The predicted molar refractivity (Wildman–Crippen MR) is 53.9 cm³/mol. The number of hydrogen-bond donors (Lipinski definition) is 1. The van der Waals surface area contributed by atoms with Crippen LogP contribution in [-0.2, 0) is 0 Å². The first-order chi connectivity index (χ1) is 6.86. The van der Waals surface area contributed by atoms with Crippen LogP contribution in [0.15, 0.2) is 4.47 Å². The Labute approximate surface area is 93.0 Å². The van der Waals surface area contributed by atoms with Crippen molar-refractivity contribution >= 4 is 27.7 Å². The van der Waals surface area contributed by atoms with E-state index in [2.05, 4.69) is 21.0 Å². The van der Waals surface area contributed by atoms with Gasteiger partial charge in [-0.15, -0.1) is 0 Å². The lowest BCUT2D eigenvalue weighted by molar-refractivity contribution is -0.390. The minimum Gasteiger partial charge on any atom is -0.476 e. The van der Waals surface area contributed by atoms with Crippen LogP contribution in [0.5, 0.6) is 0 Å². The summed E-state index contributed by atoms with van der Waals surface area (Å²) in [5.74, 6) is -1.74. The van der Waals surface area contributed by atoms with Crippen LogP contribution in [0.2, 0.25) is 0 Å². The SMILES string of the molecule is CC(C)n1nc([N+](=O)[O-])c(Br)c1C(=O)O. The van der Waals surface area contributed by atoms with Gasteiger partial charge in [0.25, 0.3) is 0 Å². The second-order valence-electron chi connectivity index (χ2n) is 3.09. The van der Waals surface area contributed by atoms with Crippen LogP contribution in [0.25, 0.3) is 0 Å². The number of carboxylic acids is 1. The Bertz CT molecular complexity index is 426. The fourth-order valence-electron chi connectivity index (χ4n) is 1.08. The third kappa shape index (κ3) is 1.99. The third-order valence-corrected chi connectivity index (χ3v) is 2.43. The molecule has 0 saturated heterocycles. The predicted octanol–water partition coefficient (Wildman–Crippen LogP) is 1.83. The van der Waals surface area contributed by atoms with E-state index in [1.54, 1.807) is 13.8 Å². The molecule has 8 heteroatoms. The van der Waals surface area contributed by atoms with E-state index in [1.165, 1.54) is 0 Å². The lowest BCUT2D eigenvalue weighted by atomic mass is 10.3. The monoisotopic (exact) mass is 277 g/mol. The van der Waals surface area contributed by atoms with Gasteiger partial charge in [-0.1, -0.05) is 0 Å². The van der Waals surface area contributed by atoms with Crippen molar-refractivity contribution in [1.82, 2.24) is 9.78 Å². The molecule has 7 nitrogen and oxygen atoms in total. The molecule has 0 bridgehead atoms. The zero-order valence-electron chi connectivity index (χ0n) is 7.97. The second-order valence-corrected chi connectivity index (χ2v) is 3.88. The summed E-state index contributed by atoms with van der Waals surface area (Å²) < 4.78 is 0.999. The van der Waals surface area contributed by atoms with Crippen LogP contribution < -0.4 is 0 Å². The molecule has 0 amide bonds. The van der Waals surface area contributed by atoms with Gasteiger partial charge in [-0.05, 0) is 34.7 Å². The first kappa shape index (κ1) is 11.6. The molecule has 1 aromatic rings. The summed E-state index contributed by atoms with van der Waals surface area (Å²) >= 11 is 2.87. The Balaban J connectivity index is 3.46. The minimum atomic E-state index is -1.25. The standard InChI is InChI=1S/C7H8BrN3O4/c1-3(2)10-5(7(12)13)4(8)6(9-10)11(14)15/h3H,1-2H3,(H,12,13). The van der Waals surface area contributed by atoms with Crippen LogP contribution in [0.4, 0.5) is 5.82 Å². The highest BCUT2D eigenvalue weighted by Gasteiger charge is 2.31. The lowest BCUT2D eigenvalue weighted by Gasteiger charge is -2.02. The smallest absolute Gasteiger partial charge is 0.405 e.